The van der Waals surface area contributed by atoms with E-state index in [9.17, 15) is 4.79 Å². The summed E-state index contributed by atoms with van der Waals surface area (Å²) < 4.78 is 10.3. The molecule has 1 aliphatic rings. The lowest BCUT2D eigenvalue weighted by molar-refractivity contribution is 0.269. The van der Waals surface area contributed by atoms with E-state index in [1.165, 1.54) is 26.3 Å². The molecule has 1 heterocycles. The van der Waals surface area contributed by atoms with E-state index in [1.807, 2.05) is 0 Å². The van der Waals surface area contributed by atoms with Crippen molar-refractivity contribution in [3.63, 3.8) is 0 Å². The average Bonchev–Trinajstić information content (AvgIpc) is 3.02. The van der Waals surface area contributed by atoms with Gasteiger partial charge in [0.15, 0.2) is 0 Å². The molecule has 5 nitrogen and oxygen atoms in total. The summed E-state index contributed by atoms with van der Waals surface area (Å²) in [4.78, 5) is 17.6. The Bertz CT molecular complexity index is 384. The molecule has 0 bridgehead atoms. The zero-order valence-corrected chi connectivity index (χ0v) is 8.66. The molecule has 82 valence electrons. The Morgan fingerprint density at radius 3 is 3.07 bits per heavy atom. The van der Waals surface area contributed by atoms with Crippen LogP contribution in [0.25, 0.3) is 0 Å². The molecular formula is C10H14N2O3. The van der Waals surface area contributed by atoms with Gasteiger partial charge in [0.05, 0.1) is 20.0 Å². The second-order valence-electron chi connectivity index (χ2n) is 3.65. The van der Waals surface area contributed by atoms with Crippen LogP contribution < -0.4 is 15.0 Å². The predicted molar refractivity (Wildman–Crippen MR) is 54.2 cm³/mol. The van der Waals surface area contributed by atoms with Crippen LogP contribution in [0.5, 0.6) is 11.6 Å². The standard InChI is InChI=1S/C10H14N2O3/c1-14-8-9(13)11-6-12-10(8)15-5-4-7-2-3-7/h6-7H,2-5H2,1H3,(H,11,12,13). The third-order valence-electron chi connectivity index (χ3n) is 2.44. The fourth-order valence-electron chi connectivity index (χ4n) is 1.38. The summed E-state index contributed by atoms with van der Waals surface area (Å²) in [5.74, 6) is 1.23. The van der Waals surface area contributed by atoms with Gasteiger partial charge >= 0.3 is 0 Å². The van der Waals surface area contributed by atoms with Crippen LogP contribution in [0.2, 0.25) is 0 Å². The molecule has 15 heavy (non-hydrogen) atoms. The van der Waals surface area contributed by atoms with Gasteiger partial charge in [0.1, 0.15) is 0 Å². The molecule has 0 saturated heterocycles. The van der Waals surface area contributed by atoms with Crippen molar-refractivity contribution in [1.82, 2.24) is 9.97 Å². The Balaban J connectivity index is 1.99. The molecule has 2 rings (SSSR count). The maximum atomic E-state index is 11.3. The smallest absolute Gasteiger partial charge is 0.297 e. The molecule has 1 aromatic heterocycles. The van der Waals surface area contributed by atoms with Gasteiger partial charge in [-0.15, -0.1) is 0 Å². The lowest BCUT2D eigenvalue weighted by Gasteiger charge is -2.07. The SMILES string of the molecule is COc1c(OCCC2CC2)nc[nH]c1=O. The minimum Gasteiger partial charge on any atom is -0.487 e. The van der Waals surface area contributed by atoms with Crippen LogP contribution in [0, 0.1) is 5.92 Å². The maximum absolute atomic E-state index is 11.3. The monoisotopic (exact) mass is 210 g/mol. The molecule has 1 N–H and O–H groups in total. The maximum Gasteiger partial charge on any atom is 0.297 e. The van der Waals surface area contributed by atoms with Crippen LogP contribution in [-0.2, 0) is 0 Å². The molecule has 0 amide bonds. The van der Waals surface area contributed by atoms with E-state index in [2.05, 4.69) is 9.97 Å². The van der Waals surface area contributed by atoms with Crippen molar-refractivity contribution in [1.29, 1.82) is 0 Å². The van der Waals surface area contributed by atoms with E-state index in [0.29, 0.717) is 6.61 Å². The number of H-pyrrole nitrogens is 1. The van der Waals surface area contributed by atoms with Crippen LogP contribution in [0.15, 0.2) is 11.1 Å². The Labute approximate surface area is 87.4 Å². The first-order valence-corrected chi connectivity index (χ1v) is 5.05. The lowest BCUT2D eigenvalue weighted by Crippen LogP contribution is -2.12. The highest BCUT2D eigenvalue weighted by molar-refractivity contribution is 5.29. The fourth-order valence-corrected chi connectivity index (χ4v) is 1.38. The number of aromatic nitrogens is 2. The zero-order chi connectivity index (χ0) is 10.7. The molecule has 5 heteroatoms. The number of nitrogens with zero attached hydrogens (tertiary/aromatic N) is 1. The summed E-state index contributed by atoms with van der Waals surface area (Å²) >= 11 is 0. The first-order valence-electron chi connectivity index (χ1n) is 5.05. The van der Waals surface area contributed by atoms with Crippen LogP contribution >= 0.6 is 0 Å². The van der Waals surface area contributed by atoms with Crippen molar-refractivity contribution < 1.29 is 9.47 Å². The number of ether oxygens (including phenoxy) is 2. The zero-order valence-electron chi connectivity index (χ0n) is 8.66. The summed E-state index contributed by atoms with van der Waals surface area (Å²) in [7, 11) is 1.43. The average molecular weight is 210 g/mol. The Kier molecular flexibility index (Phi) is 2.89. The largest absolute Gasteiger partial charge is 0.487 e. The third-order valence-corrected chi connectivity index (χ3v) is 2.44. The van der Waals surface area contributed by atoms with E-state index >= 15 is 0 Å². The van der Waals surface area contributed by atoms with Gasteiger partial charge in [-0.3, -0.25) is 4.79 Å². The summed E-state index contributed by atoms with van der Waals surface area (Å²) in [5.41, 5.74) is -0.311. The molecule has 1 aromatic rings. The third kappa shape index (κ3) is 2.49. The lowest BCUT2D eigenvalue weighted by atomic mass is 10.3. The molecular weight excluding hydrogens is 196 g/mol. The number of hydrogen-bond donors (Lipinski definition) is 1. The van der Waals surface area contributed by atoms with Gasteiger partial charge in [0.25, 0.3) is 11.4 Å². The number of nitrogens with one attached hydrogen (secondary N) is 1. The van der Waals surface area contributed by atoms with Crippen molar-refractivity contribution in [3.8, 4) is 11.6 Å². The first kappa shape index (κ1) is 10.0. The second-order valence-corrected chi connectivity index (χ2v) is 3.65. The predicted octanol–water partition coefficient (Wildman–Crippen LogP) is 0.957. The van der Waals surface area contributed by atoms with E-state index in [0.717, 1.165) is 12.3 Å². The van der Waals surface area contributed by atoms with Gasteiger partial charge in [-0.05, 0) is 12.3 Å². The molecule has 0 unspecified atom stereocenters. The minimum atomic E-state index is -0.311. The highest BCUT2D eigenvalue weighted by Crippen LogP contribution is 2.32. The normalized spacial score (nSPS) is 15.0. The highest BCUT2D eigenvalue weighted by atomic mass is 16.5. The van der Waals surface area contributed by atoms with Gasteiger partial charge in [0.2, 0.25) is 5.75 Å². The summed E-state index contributed by atoms with van der Waals surface area (Å²) in [6, 6.07) is 0. The van der Waals surface area contributed by atoms with Crippen LogP contribution in [0.1, 0.15) is 19.3 Å². The Morgan fingerprint density at radius 2 is 2.40 bits per heavy atom. The molecule has 1 saturated carbocycles. The minimum absolute atomic E-state index is 0.147. The van der Waals surface area contributed by atoms with Crippen molar-refractivity contribution in [2.24, 2.45) is 5.92 Å². The van der Waals surface area contributed by atoms with Gasteiger partial charge in [0, 0.05) is 0 Å². The number of hydrogen-bond acceptors (Lipinski definition) is 4. The number of methoxy groups -OCH3 is 1. The Morgan fingerprint density at radius 1 is 1.60 bits per heavy atom. The molecule has 0 radical (unpaired) electrons. The van der Waals surface area contributed by atoms with E-state index in [4.69, 9.17) is 9.47 Å². The van der Waals surface area contributed by atoms with Crippen LogP contribution in [-0.4, -0.2) is 23.7 Å². The van der Waals surface area contributed by atoms with Crippen molar-refractivity contribution in [2.75, 3.05) is 13.7 Å². The molecule has 0 atom stereocenters. The highest BCUT2D eigenvalue weighted by Gasteiger charge is 2.21. The topological polar surface area (TPSA) is 64.2 Å². The van der Waals surface area contributed by atoms with Gasteiger partial charge in [-0.25, -0.2) is 4.98 Å². The summed E-state index contributed by atoms with van der Waals surface area (Å²) in [6.07, 6.45) is 4.93. The number of aromatic amines is 1. The Hall–Kier alpha value is -1.52. The quantitative estimate of drug-likeness (QED) is 0.786. The van der Waals surface area contributed by atoms with Crippen molar-refractivity contribution in [3.05, 3.63) is 16.7 Å². The summed E-state index contributed by atoms with van der Waals surface area (Å²) in [5, 5.41) is 0. The first-order chi connectivity index (χ1) is 7.31. The van der Waals surface area contributed by atoms with Gasteiger partial charge < -0.3 is 14.5 Å². The van der Waals surface area contributed by atoms with E-state index in [-0.39, 0.29) is 17.2 Å². The molecule has 0 spiro atoms. The van der Waals surface area contributed by atoms with E-state index < -0.39 is 0 Å². The molecule has 0 aliphatic heterocycles. The van der Waals surface area contributed by atoms with E-state index in [1.54, 1.807) is 0 Å². The van der Waals surface area contributed by atoms with Crippen LogP contribution in [0.3, 0.4) is 0 Å². The van der Waals surface area contributed by atoms with Gasteiger partial charge in [-0.2, -0.15) is 0 Å². The molecule has 1 aliphatic carbocycles. The fraction of sp³-hybridized carbons (Fsp3) is 0.600. The van der Waals surface area contributed by atoms with Crippen molar-refractivity contribution >= 4 is 0 Å². The van der Waals surface area contributed by atoms with Crippen molar-refractivity contribution in [2.45, 2.75) is 19.3 Å². The molecule has 0 aromatic carbocycles. The van der Waals surface area contributed by atoms with Crippen LogP contribution in [0.4, 0.5) is 0 Å². The molecule has 1 fully saturated rings. The second kappa shape index (κ2) is 4.33. The number of rotatable bonds is 5. The van der Waals surface area contributed by atoms with Gasteiger partial charge in [-0.1, -0.05) is 12.8 Å². The summed E-state index contributed by atoms with van der Waals surface area (Å²) in [6.45, 7) is 0.595.